The van der Waals surface area contributed by atoms with Gasteiger partial charge in [0.1, 0.15) is 35.4 Å². The number of imide groups is 2. The van der Waals surface area contributed by atoms with E-state index < -0.39 is 29.7 Å². The molecule has 10 rings (SSSR count). The van der Waals surface area contributed by atoms with Gasteiger partial charge in [-0.25, -0.2) is 14.6 Å². The Hall–Kier alpha value is -6.19. The third-order valence-electron chi connectivity index (χ3n) is 12.0. The van der Waals surface area contributed by atoms with Crippen molar-refractivity contribution in [2.75, 3.05) is 49.9 Å². The number of aromatic nitrogens is 4. The Labute approximate surface area is 322 Å². The van der Waals surface area contributed by atoms with Gasteiger partial charge >= 0.3 is 0 Å². The predicted octanol–water partition coefficient (Wildman–Crippen LogP) is 3.48. The Morgan fingerprint density at radius 2 is 1.48 bits per heavy atom. The van der Waals surface area contributed by atoms with Crippen LogP contribution in [0, 0.1) is 0 Å². The molecule has 15 nitrogen and oxygen atoms in total. The Bertz CT molecular complexity index is 2390. The summed E-state index contributed by atoms with van der Waals surface area (Å²) in [5.74, 6) is -0.0518. The molecule has 5 aliphatic heterocycles. The zero-order valence-electron chi connectivity index (χ0n) is 30.6. The number of carbonyl (C=O) groups is 4. The monoisotopic (exact) mass is 752 g/mol. The fourth-order valence-electron chi connectivity index (χ4n) is 8.84. The van der Waals surface area contributed by atoms with Crippen LogP contribution in [0.15, 0.2) is 79.1 Å². The molecule has 0 aliphatic carbocycles. The summed E-state index contributed by atoms with van der Waals surface area (Å²) in [6.45, 7) is 5.54. The second-order valence-corrected chi connectivity index (χ2v) is 15.3. The lowest BCUT2D eigenvalue weighted by Gasteiger charge is -2.55. The van der Waals surface area contributed by atoms with Gasteiger partial charge in [-0.3, -0.25) is 39.2 Å². The minimum absolute atomic E-state index is 0.0931. The Balaban J connectivity index is 0.772. The summed E-state index contributed by atoms with van der Waals surface area (Å²) in [4.78, 5) is 67.9. The number of benzene rings is 3. The molecule has 2 atom stereocenters. The highest BCUT2D eigenvalue weighted by molar-refractivity contribution is 6.23. The molecule has 0 radical (unpaired) electrons. The van der Waals surface area contributed by atoms with Gasteiger partial charge in [-0.1, -0.05) is 18.2 Å². The van der Waals surface area contributed by atoms with Gasteiger partial charge in [0.05, 0.1) is 22.6 Å². The van der Waals surface area contributed by atoms with Crippen molar-refractivity contribution in [3.05, 3.63) is 90.3 Å². The number of fused-ring (bicyclic) bond motifs is 2. The van der Waals surface area contributed by atoms with E-state index in [9.17, 15) is 19.2 Å². The third-order valence-corrected chi connectivity index (χ3v) is 12.0. The lowest BCUT2D eigenvalue weighted by molar-refractivity contribution is -0.136. The summed E-state index contributed by atoms with van der Waals surface area (Å²) in [7, 11) is 0. The smallest absolute Gasteiger partial charge is 0.262 e. The Morgan fingerprint density at radius 1 is 0.750 bits per heavy atom. The maximum Gasteiger partial charge on any atom is 0.262 e. The van der Waals surface area contributed by atoms with E-state index in [2.05, 4.69) is 34.7 Å². The molecule has 4 fully saturated rings. The fraction of sp³-hybridized carbons (Fsp3) is 0.341. The van der Waals surface area contributed by atoms with Crippen molar-refractivity contribution in [3.63, 3.8) is 0 Å². The number of nitrogens with two attached hydrogens (primary N) is 1. The van der Waals surface area contributed by atoms with E-state index in [0.29, 0.717) is 29.0 Å². The predicted molar refractivity (Wildman–Crippen MR) is 206 cm³/mol. The van der Waals surface area contributed by atoms with E-state index >= 15 is 0 Å². The van der Waals surface area contributed by atoms with Crippen LogP contribution >= 0.6 is 0 Å². The molecule has 4 saturated heterocycles. The number of para-hydroxylation sites is 1. The second-order valence-electron chi connectivity index (χ2n) is 15.3. The van der Waals surface area contributed by atoms with Crippen molar-refractivity contribution in [1.82, 2.24) is 39.8 Å². The van der Waals surface area contributed by atoms with Crippen LogP contribution in [0.5, 0.6) is 11.5 Å². The number of nitrogens with one attached hydrogen (secondary N) is 1. The SMILES string of the molecule is Nc1ncnc2c1c(-c1ccc(Oc3ccccc3)cc1)nn2C1CCCN(C2CN(C3CN(c4ccc5c(c4)C(=O)N(C4CCC(=O)NC4=O)C5=O)C3)C2)C1. The largest absolute Gasteiger partial charge is 0.457 e. The number of nitrogens with zero attached hydrogens (tertiary/aromatic N) is 8. The van der Waals surface area contributed by atoms with Crippen molar-refractivity contribution in [2.24, 2.45) is 0 Å². The van der Waals surface area contributed by atoms with Gasteiger partial charge in [0.25, 0.3) is 11.8 Å². The van der Waals surface area contributed by atoms with Gasteiger partial charge in [-0.15, -0.1) is 0 Å². The van der Waals surface area contributed by atoms with E-state index in [4.69, 9.17) is 15.6 Å². The number of nitrogen functional groups attached to an aromatic ring is 1. The molecule has 15 heteroatoms. The number of rotatable bonds is 8. The summed E-state index contributed by atoms with van der Waals surface area (Å²) in [6.07, 6.45) is 3.80. The van der Waals surface area contributed by atoms with E-state index in [1.54, 1.807) is 12.1 Å². The Morgan fingerprint density at radius 3 is 2.27 bits per heavy atom. The molecule has 4 amide bonds. The average Bonchev–Trinajstić information content (AvgIpc) is 3.68. The number of hydrogen-bond donors (Lipinski definition) is 2. The van der Waals surface area contributed by atoms with Crippen LogP contribution in [0.3, 0.4) is 0 Å². The average molecular weight is 753 g/mol. The molecule has 3 N–H and O–H groups in total. The number of piperidine rings is 2. The highest BCUT2D eigenvalue weighted by atomic mass is 16.5. The number of amides is 4. The first-order chi connectivity index (χ1) is 27.3. The lowest BCUT2D eigenvalue weighted by atomic mass is 9.95. The zero-order valence-corrected chi connectivity index (χ0v) is 30.6. The third kappa shape index (κ3) is 5.85. The molecule has 5 aliphatic rings. The second kappa shape index (κ2) is 13.5. The number of ether oxygens (including phenoxy) is 1. The standard InChI is InChI=1S/C41H40N10O5/c42-37-35-36(24-8-11-30(12-9-24)56-29-6-2-1-3-7-29)46-51(38(35)44-23-43-37)26-5-4-16-47(18-26)27-19-49(20-27)28-21-48(22-28)25-10-13-31-32(17-25)41(55)50(40(31)54)33-14-15-34(52)45-39(33)53/h1-3,6-13,17,23,26-28,33H,4-5,14-16,18-22H2,(H2,42,43,44)(H,45,52,53). The van der Waals surface area contributed by atoms with Crippen LogP contribution in [0.2, 0.25) is 0 Å². The highest BCUT2D eigenvalue weighted by Gasteiger charge is 2.46. The first-order valence-corrected chi connectivity index (χ1v) is 19.2. The van der Waals surface area contributed by atoms with Crippen LogP contribution in [0.4, 0.5) is 11.5 Å². The van der Waals surface area contributed by atoms with E-state index in [1.165, 1.54) is 6.33 Å². The number of anilines is 2. The lowest BCUT2D eigenvalue weighted by Crippen LogP contribution is -2.70. The molecular formula is C41H40N10O5. The summed E-state index contributed by atoms with van der Waals surface area (Å²) in [6, 6.07) is 22.9. The number of carbonyl (C=O) groups excluding carboxylic acids is 4. The molecule has 7 heterocycles. The van der Waals surface area contributed by atoms with Crippen LogP contribution in [-0.2, 0) is 9.59 Å². The van der Waals surface area contributed by atoms with Gasteiger partial charge in [0, 0.05) is 62.5 Å². The fourth-order valence-corrected chi connectivity index (χ4v) is 8.84. The topological polar surface area (TPSA) is 172 Å². The van der Waals surface area contributed by atoms with Crippen molar-refractivity contribution >= 4 is 46.2 Å². The summed E-state index contributed by atoms with van der Waals surface area (Å²) < 4.78 is 8.07. The molecule has 56 heavy (non-hydrogen) atoms. The molecular weight excluding hydrogens is 713 g/mol. The number of hydrogen-bond acceptors (Lipinski definition) is 12. The van der Waals surface area contributed by atoms with Gasteiger partial charge in [-0.05, 0) is 80.4 Å². The van der Waals surface area contributed by atoms with Gasteiger partial charge < -0.3 is 15.4 Å². The van der Waals surface area contributed by atoms with Crippen LogP contribution < -0.4 is 20.7 Å². The zero-order chi connectivity index (χ0) is 38.1. The maximum absolute atomic E-state index is 13.3. The normalized spacial score (nSPS) is 22.3. The molecule has 0 saturated carbocycles. The quantitative estimate of drug-likeness (QED) is 0.222. The molecule has 2 aromatic heterocycles. The maximum atomic E-state index is 13.3. The molecule has 2 unspecified atom stereocenters. The molecule has 5 aromatic rings. The molecule has 0 spiro atoms. The van der Waals surface area contributed by atoms with E-state index in [0.717, 1.165) is 96.5 Å². The molecule has 0 bridgehead atoms. The first-order valence-electron chi connectivity index (χ1n) is 19.2. The van der Waals surface area contributed by atoms with E-state index in [1.807, 2.05) is 60.7 Å². The summed E-state index contributed by atoms with van der Waals surface area (Å²) in [5.41, 5.74) is 10.4. The Kier molecular flexibility index (Phi) is 8.29. The van der Waals surface area contributed by atoms with Crippen molar-refractivity contribution in [1.29, 1.82) is 0 Å². The van der Waals surface area contributed by atoms with E-state index in [-0.39, 0.29) is 18.9 Å². The van der Waals surface area contributed by atoms with Crippen LogP contribution in [0.1, 0.15) is 52.4 Å². The van der Waals surface area contributed by atoms with Gasteiger partial charge in [0.2, 0.25) is 11.8 Å². The highest BCUT2D eigenvalue weighted by Crippen LogP contribution is 2.37. The number of likely N-dealkylation sites (tertiary alicyclic amines) is 2. The minimum Gasteiger partial charge on any atom is -0.457 e. The van der Waals surface area contributed by atoms with Gasteiger partial charge in [0.15, 0.2) is 5.65 Å². The first kappa shape index (κ1) is 34.3. The molecule has 3 aromatic carbocycles. The van der Waals surface area contributed by atoms with Crippen LogP contribution in [0.25, 0.3) is 22.3 Å². The minimum atomic E-state index is -0.972. The van der Waals surface area contributed by atoms with Crippen molar-refractivity contribution < 1.29 is 23.9 Å². The summed E-state index contributed by atoms with van der Waals surface area (Å²) >= 11 is 0. The van der Waals surface area contributed by atoms with Gasteiger partial charge in [-0.2, -0.15) is 5.10 Å². The summed E-state index contributed by atoms with van der Waals surface area (Å²) in [5, 5.41) is 8.15. The van der Waals surface area contributed by atoms with Crippen LogP contribution in [-0.4, -0.2) is 115 Å². The van der Waals surface area contributed by atoms with Crippen molar-refractivity contribution in [3.8, 4) is 22.8 Å². The van der Waals surface area contributed by atoms with Crippen molar-refractivity contribution in [2.45, 2.75) is 49.9 Å². The molecule has 284 valence electrons.